The van der Waals surface area contributed by atoms with Crippen molar-refractivity contribution >= 4 is 34.2 Å². The summed E-state index contributed by atoms with van der Waals surface area (Å²) in [5, 5.41) is 18.6. The maximum atomic E-state index is 11.7. The molecule has 14 heteroatoms. The quantitative estimate of drug-likeness (QED) is 0.214. The van der Waals surface area contributed by atoms with Gasteiger partial charge in [0.05, 0.1) is 72.9 Å². The number of halogens is 2. The van der Waals surface area contributed by atoms with E-state index in [0.29, 0.717) is 20.4 Å². The monoisotopic (exact) mass is 689 g/mol. The second-order valence-corrected chi connectivity index (χ2v) is 21.1. The molecule has 2 heterocycles. The molecule has 0 aliphatic carbocycles. The van der Waals surface area contributed by atoms with Crippen molar-refractivity contribution in [3.05, 3.63) is 0 Å². The molecular formula is C28H51BrFLiN2O7Si2. The van der Waals surface area contributed by atoms with Crippen molar-refractivity contribution in [2.24, 2.45) is 11.3 Å². The number of nitriles is 2. The van der Waals surface area contributed by atoms with E-state index in [4.69, 9.17) is 31.2 Å². The van der Waals surface area contributed by atoms with Crippen LogP contribution in [0.15, 0.2) is 0 Å². The zero-order valence-electron chi connectivity index (χ0n) is 27.7. The summed E-state index contributed by atoms with van der Waals surface area (Å²) >= 11 is 0. The van der Waals surface area contributed by atoms with Gasteiger partial charge in [0.2, 0.25) is 1.43 Å². The Balaban J connectivity index is -0.000000179. The van der Waals surface area contributed by atoms with Gasteiger partial charge >= 0.3 is 37.0 Å². The van der Waals surface area contributed by atoms with Crippen molar-refractivity contribution in [3.8, 4) is 12.1 Å². The predicted molar refractivity (Wildman–Crippen MR) is 156 cm³/mol. The van der Waals surface area contributed by atoms with Crippen LogP contribution in [0, 0.1) is 34.0 Å². The Kier molecular flexibility index (Phi) is 32.3. The summed E-state index contributed by atoms with van der Waals surface area (Å²) in [4.78, 5) is 39.3. The summed E-state index contributed by atoms with van der Waals surface area (Å²) in [5.74, 6) is -0.546. The molecule has 2 aliphatic rings. The van der Waals surface area contributed by atoms with Crippen LogP contribution in [0.25, 0.3) is 0 Å². The molecule has 0 amide bonds. The van der Waals surface area contributed by atoms with E-state index in [0.717, 1.165) is 18.5 Å². The van der Waals surface area contributed by atoms with Crippen molar-refractivity contribution in [1.82, 2.24) is 0 Å². The van der Waals surface area contributed by atoms with Gasteiger partial charge in [0.15, 0.2) is 0 Å². The molecule has 238 valence electrons. The molecule has 0 radical (unpaired) electrons. The molecule has 0 aromatic heterocycles. The van der Waals surface area contributed by atoms with E-state index in [1.54, 1.807) is 6.92 Å². The van der Waals surface area contributed by atoms with Crippen LogP contribution in [0.2, 0.25) is 49.4 Å². The zero-order valence-corrected chi connectivity index (χ0v) is 30.3. The number of rotatable bonds is 11. The zero-order chi connectivity index (χ0) is 32.4. The van der Waals surface area contributed by atoms with E-state index >= 15 is 0 Å². The summed E-state index contributed by atoms with van der Waals surface area (Å²) < 4.78 is 24.2. The fourth-order valence-corrected chi connectivity index (χ4v) is 15.0. The third-order valence-corrected chi connectivity index (χ3v) is 17.0. The number of nitrogens with zero attached hydrogens (tertiary/aromatic N) is 2. The molecule has 0 aromatic rings. The number of esters is 2. The average molecular weight is 691 g/mol. The number of hydrogen-bond donors (Lipinski definition) is 0. The average Bonchev–Trinajstić information content (AvgIpc) is 3.59. The molecule has 0 bridgehead atoms. The van der Waals surface area contributed by atoms with E-state index in [-0.39, 0.29) is 72.7 Å². The molecule has 0 aromatic carbocycles. The van der Waals surface area contributed by atoms with Crippen molar-refractivity contribution in [1.29, 1.82) is 10.5 Å². The Hall–Kier alpha value is -1.30. The minimum Gasteiger partial charge on any atom is -1.00 e. The number of hydrogen-bond acceptors (Lipinski definition) is 8. The molecule has 2 rings (SSSR count). The SMILES string of the molecule is CCOC(=O)CC(C#N)(CC)C[Si]1(C)CCCC1.CCOC(=O)CC(C#N)C[Si]1(C)CCCC1.CF.O=C=O.[2H]O.[Br-].[Li+]. The number of carbonyl (C=O) groups excluding carboxylic acids is 4. The van der Waals surface area contributed by atoms with Gasteiger partial charge in [0.1, 0.15) is 0 Å². The van der Waals surface area contributed by atoms with E-state index in [2.05, 4.69) is 25.2 Å². The number of carbonyl (C=O) groups is 2. The van der Waals surface area contributed by atoms with Crippen molar-refractivity contribution in [2.45, 2.75) is 115 Å². The van der Waals surface area contributed by atoms with Gasteiger partial charge in [0, 0.05) is 0 Å². The van der Waals surface area contributed by atoms with Gasteiger partial charge in [0.25, 0.3) is 0 Å². The summed E-state index contributed by atoms with van der Waals surface area (Å²) in [6.45, 7) is 11.2. The van der Waals surface area contributed by atoms with E-state index in [1.165, 1.54) is 49.9 Å². The summed E-state index contributed by atoms with van der Waals surface area (Å²) in [6, 6.07) is 11.9. The number of alkyl halides is 1. The van der Waals surface area contributed by atoms with Gasteiger partial charge in [-0.1, -0.05) is 69.9 Å². The molecule has 2 aliphatic heterocycles. The van der Waals surface area contributed by atoms with Crippen LogP contribution in [0.1, 0.15) is 67.1 Å². The standard InChI is InChI=1S/C14H25NO2Si.C12H21NO2Si.CH3F.CO2.BrH.Li.H2O/c1-4-14(11-15,10-13(16)17-5-2)12-18(3)8-6-7-9-18;1-3-15-12(14)8-11(9-13)10-16(2)6-4-5-7-16;1-2;2-1-3;;;/h4-10,12H2,1-3H3;11H,3-8,10H2,1-2H3;1H3;;1H;;1H2/q;;;;;+1;/p-1/i/hD. The van der Waals surface area contributed by atoms with Gasteiger partial charge < -0.3 is 31.9 Å². The minimum atomic E-state index is -1.28. The first-order chi connectivity index (χ1) is 19.5. The van der Waals surface area contributed by atoms with Gasteiger partial charge in [-0.3, -0.25) is 14.0 Å². The van der Waals surface area contributed by atoms with Crippen LogP contribution >= 0.6 is 0 Å². The Morgan fingerprint density at radius 2 is 1.33 bits per heavy atom. The second kappa shape index (κ2) is 28.5. The number of ether oxygens (including phenoxy) is 2. The van der Waals surface area contributed by atoms with Crippen LogP contribution < -0.4 is 35.8 Å². The predicted octanol–water partition coefficient (Wildman–Crippen LogP) is -0.131. The molecule has 0 saturated carbocycles. The van der Waals surface area contributed by atoms with Crippen LogP contribution in [0.3, 0.4) is 0 Å². The first kappa shape index (κ1) is 47.6. The summed E-state index contributed by atoms with van der Waals surface area (Å²) in [7, 11) is -1.97. The molecule has 2 atom stereocenters. The third kappa shape index (κ3) is 21.4. The molecule has 0 spiro atoms. The molecule has 2 unspecified atom stereocenters. The minimum absolute atomic E-state index is 0. The maximum Gasteiger partial charge on any atom is 1.00 e. The van der Waals surface area contributed by atoms with Gasteiger partial charge in [-0.2, -0.15) is 20.1 Å². The van der Waals surface area contributed by atoms with E-state index in [1.807, 2.05) is 13.8 Å². The Morgan fingerprint density at radius 1 is 0.929 bits per heavy atom. The smallest absolute Gasteiger partial charge is 1.00 e. The molecule has 2 saturated heterocycles. The van der Waals surface area contributed by atoms with E-state index < -0.39 is 21.6 Å². The maximum absolute atomic E-state index is 11.7. The van der Waals surface area contributed by atoms with Gasteiger partial charge in [-0.15, -0.1) is 0 Å². The fourth-order valence-electron chi connectivity index (χ4n) is 5.79. The van der Waals surface area contributed by atoms with Crippen LogP contribution in [0.5, 0.6) is 0 Å². The Bertz CT molecular complexity index is 850. The summed E-state index contributed by atoms with van der Waals surface area (Å²) in [5.41, 5.74) is 5.78. The molecule has 2 N–H and O–H groups in total. The molecule has 9 nitrogen and oxygen atoms in total. The van der Waals surface area contributed by atoms with Crippen LogP contribution in [0.4, 0.5) is 4.39 Å². The van der Waals surface area contributed by atoms with Crippen molar-refractivity contribution in [2.75, 3.05) is 20.4 Å². The summed E-state index contributed by atoms with van der Waals surface area (Å²) in [6.07, 6.45) is 6.83. The third-order valence-electron chi connectivity index (χ3n) is 7.73. The van der Waals surface area contributed by atoms with Gasteiger partial charge in [-0.05, 0) is 32.4 Å². The largest absolute Gasteiger partial charge is 1.00 e. The Labute approximate surface area is 278 Å². The normalized spacial score (nSPS) is 17.1. The second-order valence-electron chi connectivity index (χ2n) is 11.1. The fraction of sp³-hybridized carbons (Fsp3) is 0.821. The molecule has 42 heavy (non-hydrogen) atoms. The van der Waals surface area contributed by atoms with Crippen LogP contribution in [-0.4, -0.2) is 60.1 Å². The van der Waals surface area contributed by atoms with E-state index in [9.17, 15) is 19.2 Å². The first-order valence-corrected chi connectivity index (χ1v) is 20.2. The topological polar surface area (TPSA) is 166 Å². The Morgan fingerprint density at radius 3 is 1.69 bits per heavy atom. The molecule has 2 fully saturated rings. The molecular weight excluding hydrogens is 638 g/mol. The van der Waals surface area contributed by atoms with Crippen LogP contribution in [-0.2, 0) is 28.7 Å². The van der Waals surface area contributed by atoms with Gasteiger partial charge in [-0.25, -0.2) is 0 Å². The first-order valence-electron chi connectivity index (χ1n) is 14.4. The van der Waals surface area contributed by atoms with Crippen molar-refractivity contribution in [3.63, 3.8) is 0 Å². The van der Waals surface area contributed by atoms with Crippen molar-refractivity contribution < 1.29 is 75.8 Å².